The van der Waals surface area contributed by atoms with Gasteiger partial charge in [-0.1, -0.05) is 173 Å². The molecule has 0 N–H and O–H groups in total. The second-order valence-electron chi connectivity index (χ2n) is 12.7. The van der Waals surface area contributed by atoms with E-state index in [9.17, 15) is 0 Å². The normalized spacial score (nSPS) is 11.9. The van der Waals surface area contributed by atoms with E-state index in [1.165, 1.54) is 20.9 Å². The van der Waals surface area contributed by atoms with E-state index in [0.29, 0.717) is 11.8 Å². The molecule has 0 aliphatic carbocycles. The first-order chi connectivity index (χ1) is 25.1. The maximum absolute atomic E-state index is 5.82. The van der Waals surface area contributed by atoms with Crippen molar-refractivity contribution in [1.29, 1.82) is 0 Å². The molecule has 0 atom stereocenters. The molecule has 274 valence electrons. The van der Waals surface area contributed by atoms with E-state index in [-0.39, 0.29) is 16.5 Å². The molecule has 0 aliphatic heterocycles. The third-order valence-electron chi connectivity index (χ3n) is 8.26. The molecule has 7 heteroatoms. The van der Waals surface area contributed by atoms with E-state index < -0.39 is 0 Å². The molecule has 0 spiro atoms. The zero-order valence-corrected chi connectivity index (χ0v) is 35.8. The van der Waals surface area contributed by atoms with Gasteiger partial charge < -0.3 is 50.5 Å². The molecule has 0 saturated heterocycles. The summed E-state index contributed by atoms with van der Waals surface area (Å²) in [6.07, 6.45) is 0. The van der Waals surface area contributed by atoms with Crippen LogP contribution in [0.3, 0.4) is 0 Å². The Morgan fingerprint density at radius 2 is 0.698 bits per heavy atom. The van der Waals surface area contributed by atoms with E-state index in [1.54, 1.807) is 23.5 Å². The number of hydrogen-bond acceptors (Lipinski definition) is 6. The SMILES string of the molecule is CC(C)c1ccc(Sc2ccccc2)c(/C([S-])=C(/[S-])c2ccccc2)c1.CC(C)c1ccc(Sc2ccccc2)c(/C([S-])=C(/[S-])c2ccccc2)c1.[Ni]. The van der Waals surface area contributed by atoms with Crippen molar-refractivity contribution < 1.29 is 16.5 Å². The van der Waals surface area contributed by atoms with E-state index in [4.69, 9.17) is 50.5 Å². The molecule has 0 amide bonds. The summed E-state index contributed by atoms with van der Waals surface area (Å²) < 4.78 is 0. The maximum atomic E-state index is 5.82. The maximum Gasteiger partial charge on any atom is 0.0179 e. The first-order valence-corrected chi connectivity index (χ1v) is 20.4. The van der Waals surface area contributed by atoms with Gasteiger partial charge in [-0.05, 0) is 81.6 Å². The zero-order chi connectivity index (χ0) is 37.0. The molecular weight excluding hydrogens is 804 g/mol. The molecular formula is C46H40NiS6-4. The van der Waals surface area contributed by atoms with Crippen molar-refractivity contribution in [3.63, 3.8) is 0 Å². The van der Waals surface area contributed by atoms with Crippen LogP contribution in [-0.4, -0.2) is 0 Å². The van der Waals surface area contributed by atoms with Crippen LogP contribution in [0.25, 0.3) is 19.6 Å². The third-order valence-corrected chi connectivity index (χ3v) is 12.4. The van der Waals surface area contributed by atoms with E-state index >= 15 is 0 Å². The fourth-order valence-corrected chi connectivity index (χ4v) is 8.37. The number of benzene rings is 6. The molecule has 6 aromatic carbocycles. The van der Waals surface area contributed by atoms with Gasteiger partial charge in [0, 0.05) is 36.1 Å². The first-order valence-electron chi connectivity index (χ1n) is 17.1. The second-order valence-corrected chi connectivity index (χ2v) is 16.6. The Hall–Kier alpha value is -3.13. The number of hydrogen-bond donors (Lipinski definition) is 0. The predicted octanol–water partition coefficient (Wildman–Crippen LogP) is 13.8. The minimum atomic E-state index is 0. The van der Waals surface area contributed by atoms with Crippen molar-refractivity contribution >= 4 is 93.7 Å². The van der Waals surface area contributed by atoms with Crippen LogP contribution < -0.4 is 0 Å². The molecule has 0 nitrogen and oxygen atoms in total. The van der Waals surface area contributed by atoms with Crippen LogP contribution >= 0.6 is 23.5 Å². The Morgan fingerprint density at radius 3 is 1.00 bits per heavy atom. The van der Waals surface area contributed by atoms with Gasteiger partial charge in [-0.3, -0.25) is 0 Å². The summed E-state index contributed by atoms with van der Waals surface area (Å²) in [6.45, 7) is 8.78. The summed E-state index contributed by atoms with van der Waals surface area (Å²) in [4.78, 5) is 7.62. The van der Waals surface area contributed by atoms with Crippen molar-refractivity contribution in [1.82, 2.24) is 0 Å². The fraction of sp³-hybridized carbons (Fsp3) is 0.130. The minimum Gasteiger partial charge on any atom is -0.781 e. The predicted molar refractivity (Wildman–Crippen MR) is 238 cm³/mol. The van der Waals surface area contributed by atoms with E-state index in [1.807, 2.05) is 72.8 Å². The standard InChI is InChI=1S/2C23H22S3.Ni/c2*1-16(2)18-13-14-21(26-19-11-7-4-8-12-19)20(15-18)23(25)22(24)17-9-5-3-6-10-17;/h2*3-16,24-25H,1-2H3;/p-4/b2*23-22-;. The summed E-state index contributed by atoms with van der Waals surface area (Å²) in [7, 11) is 0. The van der Waals surface area contributed by atoms with Crippen molar-refractivity contribution in [3.05, 3.63) is 191 Å². The first kappa shape index (κ1) is 42.6. The average molecular weight is 844 g/mol. The molecule has 6 rings (SSSR count). The van der Waals surface area contributed by atoms with E-state index in [0.717, 1.165) is 51.7 Å². The van der Waals surface area contributed by atoms with Crippen molar-refractivity contribution in [2.75, 3.05) is 0 Å². The number of rotatable bonds is 10. The summed E-state index contributed by atoms with van der Waals surface area (Å²) >= 11 is 26.5. The van der Waals surface area contributed by atoms with Gasteiger partial charge in [-0.2, -0.15) is 19.6 Å². The Bertz CT molecular complexity index is 1960. The molecule has 0 aliphatic rings. The monoisotopic (exact) mass is 842 g/mol. The van der Waals surface area contributed by atoms with Gasteiger partial charge in [0.1, 0.15) is 0 Å². The largest absolute Gasteiger partial charge is 0.781 e. The van der Waals surface area contributed by atoms with Crippen LogP contribution in [0.4, 0.5) is 0 Å². The third kappa shape index (κ3) is 11.9. The average Bonchev–Trinajstić information content (AvgIpc) is 3.18. The topological polar surface area (TPSA) is 0 Å². The quantitative estimate of drug-likeness (QED) is 0.0760. The molecule has 0 unspecified atom stereocenters. The summed E-state index contributed by atoms with van der Waals surface area (Å²) in [5.74, 6) is 0.884. The van der Waals surface area contributed by atoms with Crippen LogP contribution in [0.1, 0.15) is 72.9 Å². The van der Waals surface area contributed by atoms with Crippen molar-refractivity contribution in [2.24, 2.45) is 0 Å². The van der Waals surface area contributed by atoms with Crippen LogP contribution in [-0.2, 0) is 67.0 Å². The molecule has 0 fully saturated rings. The summed E-state index contributed by atoms with van der Waals surface area (Å²) in [5.41, 5.74) is 6.64. The molecule has 6 aromatic rings. The molecule has 0 aromatic heterocycles. The van der Waals surface area contributed by atoms with Gasteiger partial charge in [0.25, 0.3) is 0 Å². The summed E-state index contributed by atoms with van der Waals surface area (Å²) in [5, 5.41) is 0. The second kappa shape index (κ2) is 21.1. The van der Waals surface area contributed by atoms with Crippen LogP contribution in [0.2, 0.25) is 0 Å². The Kier molecular flexibility index (Phi) is 17.0. The minimum absolute atomic E-state index is 0. The molecule has 0 radical (unpaired) electrons. The van der Waals surface area contributed by atoms with Gasteiger partial charge in [-0.25, -0.2) is 0 Å². The molecule has 0 saturated carbocycles. The van der Waals surface area contributed by atoms with Crippen LogP contribution in [0.15, 0.2) is 177 Å². The Labute approximate surface area is 357 Å². The van der Waals surface area contributed by atoms with Crippen LogP contribution in [0.5, 0.6) is 0 Å². The summed E-state index contributed by atoms with van der Waals surface area (Å²) in [6, 6.07) is 53.9. The smallest absolute Gasteiger partial charge is 0.0179 e. The van der Waals surface area contributed by atoms with E-state index in [2.05, 4.69) is 113 Å². The van der Waals surface area contributed by atoms with Crippen molar-refractivity contribution in [2.45, 2.75) is 59.1 Å². The van der Waals surface area contributed by atoms with Crippen molar-refractivity contribution in [3.8, 4) is 0 Å². The van der Waals surface area contributed by atoms with Gasteiger partial charge in [0.05, 0.1) is 0 Å². The fourth-order valence-electron chi connectivity index (χ4n) is 5.26. The molecule has 0 bridgehead atoms. The Balaban J connectivity index is 0.000000232. The van der Waals surface area contributed by atoms with Gasteiger partial charge in [0.2, 0.25) is 0 Å². The molecule has 53 heavy (non-hydrogen) atoms. The Morgan fingerprint density at radius 1 is 0.396 bits per heavy atom. The van der Waals surface area contributed by atoms with Gasteiger partial charge >= 0.3 is 0 Å². The van der Waals surface area contributed by atoms with Gasteiger partial charge in [-0.15, -0.1) is 0 Å². The van der Waals surface area contributed by atoms with Gasteiger partial charge in [0.15, 0.2) is 0 Å². The van der Waals surface area contributed by atoms with Crippen LogP contribution in [0, 0.1) is 0 Å². The molecule has 0 heterocycles. The zero-order valence-electron chi connectivity index (χ0n) is 29.9.